The van der Waals surface area contributed by atoms with Crippen LogP contribution in [0.15, 0.2) is 81.2 Å². The van der Waals surface area contributed by atoms with Crippen LogP contribution < -0.4 is 15.4 Å². The van der Waals surface area contributed by atoms with E-state index in [1.807, 2.05) is 12.1 Å². The van der Waals surface area contributed by atoms with Crippen molar-refractivity contribution in [1.82, 2.24) is 20.5 Å². The summed E-state index contributed by atoms with van der Waals surface area (Å²) in [4.78, 5) is 32.2. The van der Waals surface area contributed by atoms with Gasteiger partial charge < -0.3 is 24.4 Å². The van der Waals surface area contributed by atoms with Crippen molar-refractivity contribution in [2.45, 2.75) is 19.5 Å². The summed E-state index contributed by atoms with van der Waals surface area (Å²) in [6, 6.07) is 14.9. The minimum Gasteiger partial charge on any atom is -0.436 e. The Morgan fingerprint density at radius 2 is 1.89 bits per heavy atom. The number of carbonyl (C=O) groups excluding carboxylic acids is 2. The smallest absolute Gasteiger partial charge is 0.259 e. The third kappa shape index (κ3) is 5.62. The number of aryl methyl sites for hydroxylation is 1. The quantitative estimate of drug-likeness (QED) is 0.373. The number of aliphatic imine (C=N–C) groups is 1. The summed E-state index contributed by atoms with van der Waals surface area (Å²) < 4.78 is 15.2. The topological polar surface area (TPSA) is 135 Å². The van der Waals surface area contributed by atoms with Crippen LogP contribution >= 0.6 is 11.6 Å². The molecule has 2 amide bonds. The van der Waals surface area contributed by atoms with E-state index in [9.17, 15) is 9.59 Å². The van der Waals surface area contributed by atoms with Crippen LogP contribution in [-0.4, -0.2) is 45.6 Å². The van der Waals surface area contributed by atoms with Gasteiger partial charge in [0, 0.05) is 16.8 Å². The molecule has 0 radical (unpaired) electrons. The summed E-state index contributed by atoms with van der Waals surface area (Å²) in [5.41, 5.74) is 2.21. The summed E-state index contributed by atoms with van der Waals surface area (Å²) in [6.07, 6.45) is 2.66. The number of nitrogens with one attached hydrogen (secondary N) is 2. The zero-order valence-electron chi connectivity index (χ0n) is 19.6. The number of rotatable bonds is 7. The van der Waals surface area contributed by atoms with Crippen molar-refractivity contribution >= 4 is 35.1 Å². The molecule has 1 atom stereocenters. The number of hydrogen-bond acceptors (Lipinski definition) is 9. The molecule has 5 rings (SSSR count). The number of amides is 2. The Kier molecular flexibility index (Phi) is 6.86. The van der Waals surface area contributed by atoms with Crippen molar-refractivity contribution in [2.75, 3.05) is 11.9 Å². The van der Waals surface area contributed by atoms with Gasteiger partial charge in [0.05, 0.1) is 18.8 Å². The maximum absolute atomic E-state index is 13.5. The van der Waals surface area contributed by atoms with Gasteiger partial charge in [0.2, 0.25) is 5.96 Å². The molecule has 37 heavy (non-hydrogen) atoms. The molecule has 12 heteroatoms. The predicted molar refractivity (Wildman–Crippen MR) is 133 cm³/mol. The molecule has 1 aliphatic rings. The number of anilines is 1. The summed E-state index contributed by atoms with van der Waals surface area (Å²) in [6.45, 7) is 1.92. The number of ether oxygens (including phenoxy) is 1. The van der Waals surface area contributed by atoms with Crippen LogP contribution in [0.1, 0.15) is 21.6 Å². The molecule has 2 N–H and O–H groups in total. The minimum atomic E-state index is -0.863. The lowest BCUT2D eigenvalue weighted by Gasteiger charge is -2.32. The van der Waals surface area contributed by atoms with Crippen molar-refractivity contribution in [1.29, 1.82) is 0 Å². The molecule has 4 aromatic rings. The monoisotopic (exact) mass is 520 g/mol. The van der Waals surface area contributed by atoms with Crippen molar-refractivity contribution in [3.8, 4) is 11.6 Å². The van der Waals surface area contributed by atoms with Crippen LogP contribution in [0.4, 0.5) is 5.69 Å². The lowest BCUT2D eigenvalue weighted by molar-refractivity contribution is -0.130. The number of guanidine groups is 1. The summed E-state index contributed by atoms with van der Waals surface area (Å²) in [5.74, 6) is 0.466. The second kappa shape index (κ2) is 10.5. The van der Waals surface area contributed by atoms with Crippen LogP contribution in [0, 0.1) is 6.92 Å². The summed E-state index contributed by atoms with van der Waals surface area (Å²) >= 11 is 6.02. The Balaban J connectivity index is 1.35. The second-order valence-corrected chi connectivity index (χ2v) is 8.58. The summed E-state index contributed by atoms with van der Waals surface area (Å²) in [7, 11) is 0. The van der Waals surface area contributed by atoms with Crippen LogP contribution in [-0.2, 0) is 11.3 Å². The third-order valence-electron chi connectivity index (χ3n) is 5.54. The normalized spacial score (nSPS) is 15.3. The maximum Gasteiger partial charge on any atom is 0.259 e. The molecule has 2 aromatic carbocycles. The standard InChI is InChI=1S/C25H21ClN6O5/c1-15-20(14-36-30-15)23(33)29-21-12-27-25(32(24(21)34)13-16-2-4-17(26)5-3-16)28-18-6-8-19(9-7-18)37-22-10-11-35-31-22/h2-11,14,21H,12-13H2,1H3,(H,27,28)(H,29,33). The molecule has 2 aromatic heterocycles. The first-order valence-electron chi connectivity index (χ1n) is 11.2. The van der Waals surface area contributed by atoms with Gasteiger partial charge in [-0.15, -0.1) is 0 Å². The molecule has 0 aliphatic carbocycles. The number of nitrogens with zero attached hydrogens (tertiary/aromatic N) is 4. The molecule has 188 valence electrons. The Bertz CT molecular complexity index is 1420. The van der Waals surface area contributed by atoms with Gasteiger partial charge in [0.25, 0.3) is 17.7 Å². The first-order valence-corrected chi connectivity index (χ1v) is 11.6. The van der Waals surface area contributed by atoms with Crippen molar-refractivity contribution < 1.29 is 23.4 Å². The highest BCUT2D eigenvalue weighted by atomic mass is 35.5. The van der Waals surface area contributed by atoms with Crippen molar-refractivity contribution in [3.63, 3.8) is 0 Å². The van der Waals surface area contributed by atoms with E-state index < -0.39 is 11.9 Å². The van der Waals surface area contributed by atoms with Gasteiger partial charge >= 0.3 is 0 Å². The van der Waals surface area contributed by atoms with Crippen molar-refractivity contribution in [3.05, 3.63) is 89.0 Å². The zero-order valence-corrected chi connectivity index (χ0v) is 20.3. The Hall–Kier alpha value is -4.64. The highest BCUT2D eigenvalue weighted by Crippen LogP contribution is 2.23. The molecular weight excluding hydrogens is 500 g/mol. The third-order valence-corrected chi connectivity index (χ3v) is 5.80. The predicted octanol–water partition coefficient (Wildman–Crippen LogP) is 4.03. The van der Waals surface area contributed by atoms with Gasteiger partial charge in [-0.25, -0.2) is 4.99 Å². The summed E-state index contributed by atoms with van der Waals surface area (Å²) in [5, 5.41) is 13.9. The molecule has 0 saturated heterocycles. The fourth-order valence-electron chi connectivity index (χ4n) is 3.63. The first-order chi connectivity index (χ1) is 18.0. The van der Waals surface area contributed by atoms with Crippen molar-refractivity contribution in [2.24, 2.45) is 4.99 Å². The van der Waals surface area contributed by atoms with E-state index in [2.05, 4.69) is 25.9 Å². The van der Waals surface area contributed by atoms with E-state index in [-0.39, 0.29) is 24.6 Å². The van der Waals surface area contributed by atoms with Gasteiger partial charge in [0.1, 0.15) is 29.9 Å². The fraction of sp³-hybridized carbons (Fsp3) is 0.160. The average molecular weight is 521 g/mol. The molecule has 3 heterocycles. The van der Waals surface area contributed by atoms with Crippen LogP contribution in [0.2, 0.25) is 5.02 Å². The van der Waals surface area contributed by atoms with Gasteiger partial charge in [-0.1, -0.05) is 28.9 Å². The number of aromatic nitrogens is 2. The molecule has 0 saturated carbocycles. The first kappa shape index (κ1) is 24.1. The van der Waals surface area contributed by atoms with E-state index in [0.29, 0.717) is 34.0 Å². The van der Waals surface area contributed by atoms with E-state index in [0.717, 1.165) is 5.56 Å². The lowest BCUT2D eigenvalue weighted by atomic mass is 10.1. The van der Waals surface area contributed by atoms with Gasteiger partial charge in [-0.2, -0.15) is 0 Å². The Labute approximate surface area is 216 Å². The highest BCUT2D eigenvalue weighted by Gasteiger charge is 2.34. The molecular formula is C25H21ClN6O5. The van der Waals surface area contributed by atoms with E-state index >= 15 is 0 Å². The van der Waals surface area contributed by atoms with E-state index in [1.54, 1.807) is 49.4 Å². The van der Waals surface area contributed by atoms with E-state index in [4.69, 9.17) is 25.4 Å². The largest absolute Gasteiger partial charge is 0.436 e. The number of halogens is 1. The van der Waals surface area contributed by atoms with E-state index in [1.165, 1.54) is 17.4 Å². The highest BCUT2D eigenvalue weighted by molar-refractivity contribution is 6.30. The zero-order chi connectivity index (χ0) is 25.8. The van der Waals surface area contributed by atoms with Gasteiger partial charge in [-0.05, 0) is 54.0 Å². The number of hydrogen-bond donors (Lipinski definition) is 2. The molecule has 11 nitrogen and oxygen atoms in total. The number of benzene rings is 2. The van der Waals surface area contributed by atoms with Gasteiger partial charge in [0.15, 0.2) is 0 Å². The molecule has 0 fully saturated rings. The van der Waals surface area contributed by atoms with Crippen LogP contribution in [0.25, 0.3) is 0 Å². The molecule has 0 spiro atoms. The van der Waals surface area contributed by atoms with Gasteiger partial charge in [-0.3, -0.25) is 14.5 Å². The Morgan fingerprint density at radius 3 is 2.57 bits per heavy atom. The molecule has 1 aliphatic heterocycles. The molecule has 1 unspecified atom stereocenters. The van der Waals surface area contributed by atoms with Crippen LogP contribution in [0.3, 0.4) is 0 Å². The minimum absolute atomic E-state index is 0.0572. The molecule has 0 bridgehead atoms. The lowest BCUT2D eigenvalue weighted by Crippen LogP contribution is -2.56. The average Bonchev–Trinajstić information content (AvgIpc) is 3.57. The van der Waals surface area contributed by atoms with Crippen LogP contribution in [0.5, 0.6) is 11.6 Å². The number of carbonyl (C=O) groups is 2. The SMILES string of the molecule is Cc1nocc1C(=O)NC1CN=C(Nc2ccc(Oc3ccon3)cc2)N(Cc2ccc(Cl)cc2)C1=O. The second-order valence-electron chi connectivity index (χ2n) is 8.14. The maximum atomic E-state index is 13.5. The Morgan fingerprint density at radius 1 is 1.11 bits per heavy atom. The fourth-order valence-corrected chi connectivity index (χ4v) is 3.76.